The van der Waals surface area contributed by atoms with Crippen LogP contribution in [-0.2, 0) is 14.3 Å². The number of rotatable bonds is 7. The van der Waals surface area contributed by atoms with Crippen LogP contribution in [0.3, 0.4) is 0 Å². The summed E-state index contributed by atoms with van der Waals surface area (Å²) in [5.41, 5.74) is 3.49. The van der Waals surface area contributed by atoms with E-state index < -0.39 is 18.0 Å². The zero-order valence-electron chi connectivity index (χ0n) is 23.2. The van der Waals surface area contributed by atoms with Crippen LogP contribution in [0, 0.1) is 6.92 Å². The molecule has 1 atom stereocenters. The van der Waals surface area contributed by atoms with E-state index in [0.717, 1.165) is 21.6 Å². The molecule has 0 amide bonds. The van der Waals surface area contributed by atoms with Gasteiger partial charge in [-0.05, 0) is 74.6 Å². The van der Waals surface area contributed by atoms with Gasteiger partial charge >= 0.3 is 11.9 Å². The highest BCUT2D eigenvalue weighted by Crippen LogP contribution is 2.32. The third-order valence-corrected chi connectivity index (χ3v) is 8.49. The second-order valence-electron chi connectivity index (χ2n) is 9.30. The highest BCUT2D eigenvalue weighted by molar-refractivity contribution is 7.98. The summed E-state index contributed by atoms with van der Waals surface area (Å²) in [5.74, 6) is 0.190. The van der Waals surface area contributed by atoms with Crippen LogP contribution < -0.4 is 14.9 Å². The van der Waals surface area contributed by atoms with Gasteiger partial charge < -0.3 is 13.9 Å². The lowest BCUT2D eigenvalue weighted by atomic mass is 9.96. The molecule has 2 aromatic carbocycles. The molecule has 0 fully saturated rings. The number of ether oxygens (including phenoxy) is 2. The van der Waals surface area contributed by atoms with Crippen LogP contribution in [-0.4, -0.2) is 36.5 Å². The van der Waals surface area contributed by atoms with Gasteiger partial charge in [0.25, 0.3) is 5.56 Å². The highest BCUT2D eigenvalue weighted by atomic mass is 32.2. The molecule has 10 heteroatoms. The first-order valence-electron chi connectivity index (χ1n) is 12.9. The van der Waals surface area contributed by atoms with Crippen LogP contribution in [0.25, 0.3) is 17.4 Å². The number of carbonyl (C=O) groups is 2. The lowest BCUT2D eigenvalue weighted by molar-refractivity contribution is -0.139. The molecule has 1 aliphatic rings. The Labute approximate surface area is 244 Å². The van der Waals surface area contributed by atoms with Crippen molar-refractivity contribution in [3.63, 3.8) is 0 Å². The molecule has 0 unspecified atom stereocenters. The molecule has 0 N–H and O–H groups in total. The third-order valence-electron chi connectivity index (χ3n) is 6.76. The second-order valence-corrected chi connectivity index (χ2v) is 11.2. The van der Waals surface area contributed by atoms with Crippen molar-refractivity contribution in [1.82, 2.24) is 4.57 Å². The largest absolute Gasteiger partial charge is 0.465 e. The maximum Gasteiger partial charge on any atom is 0.338 e. The van der Waals surface area contributed by atoms with Gasteiger partial charge in [-0.15, -0.1) is 11.8 Å². The number of methoxy groups -OCH3 is 1. The van der Waals surface area contributed by atoms with Crippen molar-refractivity contribution in [2.75, 3.05) is 20.0 Å². The van der Waals surface area contributed by atoms with E-state index in [1.807, 2.05) is 43.5 Å². The standard InChI is InChI=1S/C31H28N2O6S2/c1-6-38-30(36)26-18(3)32-31-33(27(26)19-7-11-22(40-5)12-8-19)28(34)25(41-31)16-21-10-14-24(39-21)23-13-9-20(15-17(23)2)29(35)37-4/h7-16,27H,6H2,1-5H3/b25-16+/t27-/m0/s1. The van der Waals surface area contributed by atoms with Gasteiger partial charge in [0.2, 0.25) is 0 Å². The fourth-order valence-electron chi connectivity index (χ4n) is 4.78. The van der Waals surface area contributed by atoms with E-state index in [4.69, 9.17) is 13.9 Å². The van der Waals surface area contributed by atoms with E-state index in [2.05, 4.69) is 4.99 Å². The average molecular weight is 589 g/mol. The number of hydrogen-bond donors (Lipinski definition) is 0. The number of hydrogen-bond acceptors (Lipinski definition) is 9. The summed E-state index contributed by atoms with van der Waals surface area (Å²) in [7, 11) is 1.34. The van der Waals surface area contributed by atoms with Gasteiger partial charge in [-0.3, -0.25) is 9.36 Å². The number of aromatic nitrogens is 1. The van der Waals surface area contributed by atoms with Crippen LogP contribution in [0.15, 0.2) is 85.0 Å². The van der Waals surface area contributed by atoms with Crippen molar-refractivity contribution in [3.05, 3.63) is 108 Å². The first kappa shape index (κ1) is 28.4. The summed E-state index contributed by atoms with van der Waals surface area (Å²) in [6, 6.07) is 16.0. The molecule has 41 heavy (non-hydrogen) atoms. The quantitative estimate of drug-likeness (QED) is 0.224. The molecular formula is C31H28N2O6S2. The summed E-state index contributed by atoms with van der Waals surface area (Å²) in [6.45, 7) is 5.61. The molecule has 1 aliphatic heterocycles. The minimum Gasteiger partial charge on any atom is -0.465 e. The molecule has 210 valence electrons. The van der Waals surface area contributed by atoms with Crippen LogP contribution in [0.5, 0.6) is 0 Å². The summed E-state index contributed by atoms with van der Waals surface area (Å²) in [4.78, 5) is 45.0. The minimum absolute atomic E-state index is 0.212. The molecule has 4 aromatic rings. The van der Waals surface area contributed by atoms with Crippen LogP contribution in [0.2, 0.25) is 0 Å². The maximum atomic E-state index is 13.8. The highest BCUT2D eigenvalue weighted by Gasteiger charge is 2.33. The molecule has 0 radical (unpaired) electrons. The van der Waals surface area contributed by atoms with Gasteiger partial charge in [-0.25, -0.2) is 14.6 Å². The van der Waals surface area contributed by atoms with Crippen molar-refractivity contribution in [3.8, 4) is 11.3 Å². The Morgan fingerprint density at radius 3 is 2.51 bits per heavy atom. The van der Waals surface area contributed by atoms with E-state index in [1.54, 1.807) is 60.5 Å². The lowest BCUT2D eigenvalue weighted by Crippen LogP contribution is -2.39. The zero-order valence-corrected chi connectivity index (χ0v) is 24.9. The van der Waals surface area contributed by atoms with Crippen LogP contribution >= 0.6 is 23.1 Å². The van der Waals surface area contributed by atoms with E-state index in [1.165, 1.54) is 18.4 Å². The van der Waals surface area contributed by atoms with E-state index in [-0.39, 0.29) is 12.2 Å². The molecule has 0 saturated carbocycles. The number of furan rings is 1. The number of aryl methyl sites for hydroxylation is 1. The van der Waals surface area contributed by atoms with Gasteiger partial charge in [0, 0.05) is 16.5 Å². The molecular weight excluding hydrogens is 560 g/mol. The monoisotopic (exact) mass is 588 g/mol. The molecule has 8 nitrogen and oxygen atoms in total. The fraction of sp³-hybridized carbons (Fsp3) is 0.226. The Bertz CT molecular complexity index is 1860. The van der Waals surface area contributed by atoms with Crippen molar-refractivity contribution in [2.45, 2.75) is 31.7 Å². The number of thiazole rings is 1. The van der Waals surface area contributed by atoms with Crippen LogP contribution in [0.1, 0.15) is 47.1 Å². The van der Waals surface area contributed by atoms with Crippen molar-refractivity contribution in [1.29, 1.82) is 0 Å². The molecule has 3 heterocycles. The van der Waals surface area contributed by atoms with Gasteiger partial charge in [0.15, 0.2) is 4.80 Å². The molecule has 0 bridgehead atoms. The number of fused-ring (bicyclic) bond motifs is 1. The number of thioether (sulfide) groups is 1. The molecule has 2 aromatic heterocycles. The van der Waals surface area contributed by atoms with Gasteiger partial charge in [-0.1, -0.05) is 29.5 Å². The Morgan fingerprint density at radius 2 is 1.85 bits per heavy atom. The predicted molar refractivity (Wildman–Crippen MR) is 159 cm³/mol. The van der Waals surface area contributed by atoms with E-state index in [0.29, 0.717) is 37.7 Å². The molecule has 0 aliphatic carbocycles. The Hall–Kier alpha value is -4.15. The number of allylic oxidation sites excluding steroid dienone is 1. The first-order valence-corrected chi connectivity index (χ1v) is 14.9. The number of carbonyl (C=O) groups excluding carboxylic acids is 2. The minimum atomic E-state index is -0.675. The Balaban J connectivity index is 1.58. The topological polar surface area (TPSA) is 100 Å². The molecule has 5 rings (SSSR count). The smallest absolute Gasteiger partial charge is 0.338 e. The lowest BCUT2D eigenvalue weighted by Gasteiger charge is -2.24. The van der Waals surface area contributed by atoms with Gasteiger partial charge in [0.1, 0.15) is 11.5 Å². The summed E-state index contributed by atoms with van der Waals surface area (Å²) in [6.07, 6.45) is 3.67. The second kappa shape index (κ2) is 11.8. The number of benzene rings is 2. The number of nitrogens with zero attached hydrogens (tertiary/aromatic N) is 2. The molecule has 0 saturated heterocycles. The van der Waals surface area contributed by atoms with Gasteiger partial charge in [0.05, 0.1) is 41.1 Å². The van der Waals surface area contributed by atoms with Crippen molar-refractivity contribution in [2.24, 2.45) is 4.99 Å². The van der Waals surface area contributed by atoms with E-state index in [9.17, 15) is 14.4 Å². The summed E-state index contributed by atoms with van der Waals surface area (Å²) >= 11 is 2.85. The first-order chi connectivity index (χ1) is 19.7. The third kappa shape index (κ3) is 5.45. The fourth-order valence-corrected chi connectivity index (χ4v) is 6.22. The Kier molecular flexibility index (Phi) is 8.14. The van der Waals surface area contributed by atoms with Crippen molar-refractivity contribution >= 4 is 41.1 Å². The summed E-state index contributed by atoms with van der Waals surface area (Å²) in [5, 5.41) is 0. The van der Waals surface area contributed by atoms with Gasteiger partial charge in [-0.2, -0.15) is 0 Å². The number of esters is 2. The SMILES string of the molecule is CCOC(=O)C1=C(C)N=c2s/c(=C/c3ccc(-c4ccc(C(=O)OC)cc4C)o3)c(=O)n2[C@H]1c1ccc(SC)cc1. The van der Waals surface area contributed by atoms with Crippen molar-refractivity contribution < 1.29 is 23.5 Å². The average Bonchev–Trinajstić information content (AvgIpc) is 3.55. The van der Waals surface area contributed by atoms with Crippen LogP contribution in [0.4, 0.5) is 0 Å². The molecule has 0 spiro atoms. The zero-order chi connectivity index (χ0) is 29.3. The summed E-state index contributed by atoms with van der Waals surface area (Å²) < 4.78 is 18.2. The normalized spacial score (nSPS) is 15.0. The Morgan fingerprint density at radius 1 is 1.10 bits per heavy atom. The van der Waals surface area contributed by atoms with E-state index >= 15 is 0 Å². The predicted octanol–water partition coefficient (Wildman–Crippen LogP) is 4.88. The maximum absolute atomic E-state index is 13.8.